The first kappa shape index (κ1) is 8.64. The highest BCUT2D eigenvalue weighted by atomic mass is 16.2. The lowest BCUT2D eigenvalue weighted by Crippen LogP contribution is -2.26. The van der Waals surface area contributed by atoms with Gasteiger partial charge in [0.15, 0.2) is 0 Å². The van der Waals surface area contributed by atoms with Crippen molar-refractivity contribution in [3.63, 3.8) is 0 Å². The van der Waals surface area contributed by atoms with Gasteiger partial charge in [0, 0.05) is 6.20 Å². The molecule has 0 atom stereocenters. The number of anilines is 1. The van der Waals surface area contributed by atoms with E-state index in [0.717, 1.165) is 0 Å². The number of hydrazone groups is 1. The fraction of sp³-hybridized carbons (Fsp3) is 0.125. The highest BCUT2D eigenvalue weighted by Crippen LogP contribution is 1.99. The maximum absolute atomic E-state index is 11.0. The molecule has 0 aromatic carbocycles. The van der Waals surface area contributed by atoms with E-state index in [1.54, 1.807) is 12.3 Å². The summed E-state index contributed by atoms with van der Waals surface area (Å²) in [4.78, 5) is 15.0. The monoisotopic (exact) mass is 191 g/mol. The van der Waals surface area contributed by atoms with Crippen LogP contribution >= 0.6 is 0 Å². The predicted octanol–water partition coefficient (Wildman–Crippen LogP) is -0.516. The molecule has 1 aromatic rings. The third-order valence-corrected chi connectivity index (χ3v) is 1.69. The lowest BCUT2D eigenvalue weighted by atomic mass is 10.4. The molecular formula is C8H9N5O. The van der Waals surface area contributed by atoms with Crippen LogP contribution in [0.15, 0.2) is 29.5 Å². The van der Waals surface area contributed by atoms with E-state index in [9.17, 15) is 4.79 Å². The zero-order chi connectivity index (χ0) is 9.80. The van der Waals surface area contributed by atoms with Crippen LogP contribution in [0.3, 0.4) is 0 Å². The molecule has 0 radical (unpaired) electrons. The van der Waals surface area contributed by atoms with Gasteiger partial charge >= 0.3 is 0 Å². The Hall–Kier alpha value is -1.95. The Morgan fingerprint density at radius 2 is 2.43 bits per heavy atom. The number of nitrogens with zero attached hydrogens (tertiary/aromatic N) is 2. The van der Waals surface area contributed by atoms with Crippen LogP contribution in [-0.2, 0) is 4.79 Å². The first-order chi connectivity index (χ1) is 6.86. The van der Waals surface area contributed by atoms with Crippen LogP contribution in [0.4, 0.5) is 5.82 Å². The molecule has 1 aliphatic rings. The largest absolute Gasteiger partial charge is 0.286 e. The predicted molar refractivity (Wildman–Crippen MR) is 51.4 cm³/mol. The zero-order valence-electron chi connectivity index (χ0n) is 7.32. The maximum Gasteiger partial charge on any atom is 0.282 e. The van der Waals surface area contributed by atoms with Crippen molar-refractivity contribution in [2.24, 2.45) is 5.10 Å². The first-order valence-electron chi connectivity index (χ1n) is 4.13. The Morgan fingerprint density at radius 1 is 1.50 bits per heavy atom. The fourth-order valence-corrected chi connectivity index (χ4v) is 1.00. The van der Waals surface area contributed by atoms with Crippen molar-refractivity contribution in [2.45, 2.75) is 0 Å². The molecule has 14 heavy (non-hydrogen) atoms. The van der Waals surface area contributed by atoms with Gasteiger partial charge in [0.1, 0.15) is 11.5 Å². The third kappa shape index (κ3) is 1.86. The molecule has 0 saturated carbocycles. The number of nitrogens with one attached hydrogen (secondary N) is 3. The molecule has 1 aromatic heterocycles. The van der Waals surface area contributed by atoms with Gasteiger partial charge in [-0.25, -0.2) is 10.4 Å². The number of hydrogen-bond donors (Lipinski definition) is 3. The van der Waals surface area contributed by atoms with E-state index in [2.05, 4.69) is 26.4 Å². The standard InChI is InChI=1S/C8H9N5O/c14-8-6(5-10-13-8)11-12-7-3-1-2-4-9-7/h1-4,10H,5H2,(H,9,12)(H,13,14). The second-order valence-corrected chi connectivity index (χ2v) is 2.69. The number of hydrogen-bond acceptors (Lipinski definition) is 5. The van der Waals surface area contributed by atoms with E-state index in [0.29, 0.717) is 18.1 Å². The summed E-state index contributed by atoms with van der Waals surface area (Å²) in [6, 6.07) is 5.41. The number of amides is 1. The molecule has 1 amide bonds. The summed E-state index contributed by atoms with van der Waals surface area (Å²) in [7, 11) is 0. The molecule has 6 nitrogen and oxygen atoms in total. The van der Waals surface area contributed by atoms with E-state index < -0.39 is 0 Å². The van der Waals surface area contributed by atoms with Gasteiger partial charge in [0.2, 0.25) is 0 Å². The second-order valence-electron chi connectivity index (χ2n) is 2.69. The van der Waals surface area contributed by atoms with Crippen LogP contribution < -0.4 is 16.3 Å². The van der Waals surface area contributed by atoms with Crippen molar-refractivity contribution in [1.29, 1.82) is 0 Å². The number of hydrazine groups is 1. The van der Waals surface area contributed by atoms with Crippen LogP contribution in [0, 0.1) is 0 Å². The SMILES string of the molecule is O=C1NNCC1=NNc1ccccn1. The Balaban J connectivity index is 2.03. The minimum atomic E-state index is -0.214. The van der Waals surface area contributed by atoms with Crippen LogP contribution in [0.1, 0.15) is 0 Å². The Kier molecular flexibility index (Phi) is 2.37. The average molecular weight is 191 g/mol. The molecular weight excluding hydrogens is 182 g/mol. The highest BCUT2D eigenvalue weighted by Gasteiger charge is 2.17. The molecule has 2 rings (SSSR count). The summed E-state index contributed by atoms with van der Waals surface area (Å²) in [5.41, 5.74) is 8.20. The van der Waals surface area contributed by atoms with Gasteiger partial charge in [0.25, 0.3) is 5.91 Å². The molecule has 3 N–H and O–H groups in total. The molecule has 0 aliphatic carbocycles. The second kappa shape index (κ2) is 3.84. The molecule has 6 heteroatoms. The molecule has 0 spiro atoms. The summed E-state index contributed by atoms with van der Waals surface area (Å²) >= 11 is 0. The molecule has 2 heterocycles. The van der Waals surface area contributed by atoms with Gasteiger partial charge in [-0.2, -0.15) is 5.10 Å². The van der Waals surface area contributed by atoms with Crippen molar-refractivity contribution >= 4 is 17.4 Å². The van der Waals surface area contributed by atoms with Crippen molar-refractivity contribution in [3.05, 3.63) is 24.4 Å². The van der Waals surface area contributed by atoms with Crippen molar-refractivity contribution in [2.75, 3.05) is 12.0 Å². The molecule has 72 valence electrons. The zero-order valence-corrected chi connectivity index (χ0v) is 7.32. The highest BCUT2D eigenvalue weighted by molar-refractivity contribution is 6.41. The molecule has 1 fully saturated rings. The minimum absolute atomic E-state index is 0.214. The van der Waals surface area contributed by atoms with Gasteiger partial charge in [-0.3, -0.25) is 15.6 Å². The Labute approximate surface area is 80.4 Å². The van der Waals surface area contributed by atoms with Gasteiger partial charge in [-0.05, 0) is 12.1 Å². The van der Waals surface area contributed by atoms with Crippen LogP contribution in [0.5, 0.6) is 0 Å². The fourth-order valence-electron chi connectivity index (χ4n) is 1.00. The van der Waals surface area contributed by atoms with E-state index in [-0.39, 0.29) is 5.91 Å². The Morgan fingerprint density at radius 3 is 3.07 bits per heavy atom. The topological polar surface area (TPSA) is 78.4 Å². The summed E-state index contributed by atoms with van der Waals surface area (Å²) in [6.07, 6.45) is 1.65. The number of pyridine rings is 1. The lowest BCUT2D eigenvalue weighted by Gasteiger charge is -1.97. The average Bonchev–Trinajstić information content (AvgIpc) is 2.63. The quantitative estimate of drug-likeness (QED) is 0.550. The summed E-state index contributed by atoms with van der Waals surface area (Å²) < 4.78 is 0. The number of rotatable bonds is 2. The first-order valence-corrected chi connectivity index (χ1v) is 4.13. The van der Waals surface area contributed by atoms with E-state index in [4.69, 9.17) is 0 Å². The number of carbonyl (C=O) groups is 1. The van der Waals surface area contributed by atoms with Gasteiger partial charge in [-0.15, -0.1) is 0 Å². The third-order valence-electron chi connectivity index (χ3n) is 1.69. The normalized spacial score (nSPS) is 18.3. The van der Waals surface area contributed by atoms with E-state index >= 15 is 0 Å². The summed E-state index contributed by atoms with van der Waals surface area (Å²) in [5.74, 6) is 0.396. The number of carbonyl (C=O) groups excluding carboxylic acids is 1. The van der Waals surface area contributed by atoms with E-state index in [1.165, 1.54) is 0 Å². The van der Waals surface area contributed by atoms with Crippen molar-refractivity contribution in [3.8, 4) is 0 Å². The van der Waals surface area contributed by atoms with Gasteiger partial charge < -0.3 is 0 Å². The van der Waals surface area contributed by atoms with Crippen LogP contribution in [0.2, 0.25) is 0 Å². The summed E-state index contributed by atoms with van der Waals surface area (Å²) in [6.45, 7) is 0.415. The van der Waals surface area contributed by atoms with Crippen molar-refractivity contribution in [1.82, 2.24) is 15.8 Å². The molecule has 0 unspecified atom stereocenters. The van der Waals surface area contributed by atoms with Crippen LogP contribution in [0.25, 0.3) is 0 Å². The molecule has 1 aliphatic heterocycles. The molecule has 1 saturated heterocycles. The number of aromatic nitrogens is 1. The maximum atomic E-state index is 11.0. The van der Waals surface area contributed by atoms with Gasteiger partial charge in [0.05, 0.1) is 6.54 Å². The Bertz CT molecular complexity index is 361. The minimum Gasteiger partial charge on any atom is -0.286 e. The van der Waals surface area contributed by atoms with Crippen LogP contribution in [-0.4, -0.2) is 23.1 Å². The van der Waals surface area contributed by atoms with Crippen molar-refractivity contribution < 1.29 is 4.79 Å². The van der Waals surface area contributed by atoms with E-state index in [1.807, 2.05) is 12.1 Å². The summed E-state index contributed by atoms with van der Waals surface area (Å²) in [5, 5.41) is 3.90. The molecule has 0 bridgehead atoms. The van der Waals surface area contributed by atoms with Gasteiger partial charge in [-0.1, -0.05) is 6.07 Å². The smallest absolute Gasteiger partial charge is 0.282 e. The lowest BCUT2D eigenvalue weighted by molar-refractivity contribution is -0.114.